The summed E-state index contributed by atoms with van der Waals surface area (Å²) in [5, 5.41) is 24.2. The number of rotatable bonds is 5. The Bertz CT molecular complexity index is 210. The second-order valence-corrected chi connectivity index (χ2v) is 4.09. The zero-order valence-corrected chi connectivity index (χ0v) is 7.11. The monoisotopic (exact) mass is 200 g/mol. The summed E-state index contributed by atoms with van der Waals surface area (Å²) in [7, 11) is -4.34. The lowest BCUT2D eigenvalue weighted by Gasteiger charge is -2.13. The molecular formula is C5H12O6S. The number of aliphatic hydroxyl groups is 3. The molecule has 0 aliphatic carbocycles. The molecule has 0 rings (SSSR count). The Kier molecular flexibility index (Phi) is 4.64. The third-order valence-electron chi connectivity index (χ3n) is 1.37. The van der Waals surface area contributed by atoms with Crippen LogP contribution in [0.1, 0.15) is 6.42 Å². The lowest BCUT2D eigenvalue weighted by Crippen LogP contribution is -2.30. The highest BCUT2D eigenvalue weighted by Crippen LogP contribution is 2.06. The van der Waals surface area contributed by atoms with Crippen molar-refractivity contribution in [2.24, 2.45) is 0 Å². The minimum Gasteiger partial charge on any atom is -0.395 e. The van der Waals surface area contributed by atoms with E-state index in [1.165, 1.54) is 0 Å². The van der Waals surface area contributed by atoms with Crippen molar-refractivity contribution in [1.29, 1.82) is 0 Å². The van der Waals surface area contributed by atoms with Crippen LogP contribution >= 0.6 is 0 Å². The van der Waals surface area contributed by atoms with Crippen molar-refractivity contribution in [3.8, 4) is 0 Å². The molecule has 0 fully saturated rings. The fourth-order valence-electron chi connectivity index (χ4n) is 0.668. The Morgan fingerprint density at radius 3 is 1.92 bits per heavy atom. The van der Waals surface area contributed by atoms with Crippen LogP contribution in [-0.4, -0.2) is 52.9 Å². The van der Waals surface area contributed by atoms with Crippen LogP contribution in [-0.2, 0) is 10.1 Å². The molecule has 0 aromatic rings. The Hall–Kier alpha value is -0.210. The zero-order chi connectivity index (χ0) is 9.78. The molecule has 0 saturated heterocycles. The fraction of sp³-hybridized carbons (Fsp3) is 1.00. The van der Waals surface area contributed by atoms with Gasteiger partial charge in [-0.15, -0.1) is 0 Å². The predicted octanol–water partition coefficient (Wildman–Crippen LogP) is -2.02. The average molecular weight is 200 g/mol. The van der Waals surface area contributed by atoms with Crippen molar-refractivity contribution in [2.75, 3.05) is 13.2 Å². The van der Waals surface area contributed by atoms with E-state index in [-0.39, 0.29) is 6.42 Å². The second kappa shape index (κ2) is 4.73. The number of aliphatic hydroxyl groups excluding tert-OH is 3. The van der Waals surface area contributed by atoms with E-state index < -0.39 is 34.7 Å². The summed E-state index contributed by atoms with van der Waals surface area (Å²) < 4.78 is 29.3. The van der Waals surface area contributed by atoms with Gasteiger partial charge in [-0.3, -0.25) is 4.55 Å². The molecule has 7 heteroatoms. The molecule has 0 amide bonds. The minimum atomic E-state index is -4.34. The van der Waals surface area contributed by atoms with Crippen LogP contribution in [0.25, 0.3) is 0 Å². The van der Waals surface area contributed by atoms with E-state index in [4.69, 9.17) is 19.9 Å². The summed E-state index contributed by atoms with van der Waals surface area (Å²) in [6, 6.07) is 0. The first kappa shape index (κ1) is 11.8. The van der Waals surface area contributed by atoms with Gasteiger partial charge in [-0.2, -0.15) is 8.42 Å². The lowest BCUT2D eigenvalue weighted by atomic mass is 10.2. The van der Waals surface area contributed by atoms with Crippen molar-refractivity contribution in [1.82, 2.24) is 0 Å². The van der Waals surface area contributed by atoms with Gasteiger partial charge in [-0.1, -0.05) is 0 Å². The van der Waals surface area contributed by atoms with Crippen molar-refractivity contribution < 1.29 is 28.3 Å². The summed E-state index contributed by atoms with van der Waals surface area (Å²) in [5.74, 6) is 0. The van der Waals surface area contributed by atoms with Gasteiger partial charge in [0.1, 0.15) is 5.25 Å². The highest BCUT2D eigenvalue weighted by Gasteiger charge is 2.24. The van der Waals surface area contributed by atoms with Crippen LogP contribution in [0.2, 0.25) is 0 Å². The van der Waals surface area contributed by atoms with Gasteiger partial charge in [0.05, 0.1) is 19.3 Å². The smallest absolute Gasteiger partial charge is 0.270 e. The topological polar surface area (TPSA) is 115 Å². The molecule has 0 heterocycles. The summed E-state index contributed by atoms with van der Waals surface area (Å²) in [5.41, 5.74) is 0. The average Bonchev–Trinajstić information content (AvgIpc) is 1.97. The first-order valence-electron chi connectivity index (χ1n) is 3.28. The molecule has 4 N–H and O–H groups in total. The van der Waals surface area contributed by atoms with E-state index in [0.29, 0.717) is 0 Å². The van der Waals surface area contributed by atoms with Crippen molar-refractivity contribution in [3.63, 3.8) is 0 Å². The Morgan fingerprint density at radius 1 is 1.17 bits per heavy atom. The molecule has 0 aromatic carbocycles. The third kappa shape index (κ3) is 3.98. The highest BCUT2D eigenvalue weighted by atomic mass is 32.2. The minimum absolute atomic E-state index is 0.383. The van der Waals surface area contributed by atoms with Crippen LogP contribution in [0.3, 0.4) is 0 Å². The first-order valence-corrected chi connectivity index (χ1v) is 4.78. The zero-order valence-electron chi connectivity index (χ0n) is 6.29. The summed E-state index contributed by atoms with van der Waals surface area (Å²) in [6.45, 7) is -1.39. The second-order valence-electron chi connectivity index (χ2n) is 2.39. The van der Waals surface area contributed by atoms with E-state index in [1.54, 1.807) is 0 Å². The fourth-order valence-corrected chi connectivity index (χ4v) is 1.32. The van der Waals surface area contributed by atoms with Crippen LogP contribution in [0, 0.1) is 0 Å². The summed E-state index contributed by atoms with van der Waals surface area (Å²) in [4.78, 5) is 0. The molecule has 0 aliphatic rings. The van der Waals surface area contributed by atoms with Crippen LogP contribution < -0.4 is 0 Å². The maximum absolute atomic E-state index is 10.4. The molecule has 0 saturated carbocycles. The van der Waals surface area contributed by atoms with E-state index in [0.717, 1.165) is 0 Å². The van der Waals surface area contributed by atoms with E-state index in [9.17, 15) is 8.42 Å². The number of hydrogen-bond acceptors (Lipinski definition) is 5. The maximum Gasteiger partial charge on any atom is 0.270 e. The predicted molar refractivity (Wildman–Crippen MR) is 40.1 cm³/mol. The molecular weight excluding hydrogens is 188 g/mol. The van der Waals surface area contributed by atoms with E-state index in [1.807, 2.05) is 0 Å². The summed E-state index contributed by atoms with van der Waals surface area (Å²) in [6.07, 6.45) is -1.63. The molecule has 6 nitrogen and oxygen atoms in total. The first-order chi connectivity index (χ1) is 5.41. The molecule has 2 atom stereocenters. The lowest BCUT2D eigenvalue weighted by molar-refractivity contribution is 0.0818. The van der Waals surface area contributed by atoms with Gasteiger partial charge in [0.25, 0.3) is 10.1 Å². The molecule has 0 bridgehead atoms. The van der Waals surface area contributed by atoms with Crippen molar-refractivity contribution in [3.05, 3.63) is 0 Å². The van der Waals surface area contributed by atoms with Gasteiger partial charge in [-0.25, -0.2) is 0 Å². The van der Waals surface area contributed by atoms with Gasteiger partial charge in [0.15, 0.2) is 0 Å². The quantitative estimate of drug-likeness (QED) is 0.381. The standard InChI is InChI=1S/C5H12O6S/c6-2-4(8)1-5(3-7)12(9,10)11/h4-8H,1-3H2,(H,9,10,11). The van der Waals surface area contributed by atoms with Crippen LogP contribution in [0.15, 0.2) is 0 Å². The Labute approximate surface area is 70.2 Å². The van der Waals surface area contributed by atoms with Crippen molar-refractivity contribution in [2.45, 2.75) is 17.8 Å². The SMILES string of the molecule is O=S(=O)(O)C(CO)CC(O)CO. The molecule has 12 heavy (non-hydrogen) atoms. The Balaban J connectivity index is 4.20. The highest BCUT2D eigenvalue weighted by molar-refractivity contribution is 7.86. The van der Waals surface area contributed by atoms with Gasteiger partial charge in [-0.05, 0) is 6.42 Å². The normalized spacial score (nSPS) is 17.3. The molecule has 0 aliphatic heterocycles. The van der Waals surface area contributed by atoms with E-state index in [2.05, 4.69) is 0 Å². The van der Waals surface area contributed by atoms with Gasteiger partial charge in [0.2, 0.25) is 0 Å². The molecule has 0 aromatic heterocycles. The van der Waals surface area contributed by atoms with Gasteiger partial charge >= 0.3 is 0 Å². The van der Waals surface area contributed by atoms with Crippen LogP contribution in [0.5, 0.6) is 0 Å². The Morgan fingerprint density at radius 2 is 1.67 bits per heavy atom. The van der Waals surface area contributed by atoms with Crippen molar-refractivity contribution >= 4 is 10.1 Å². The summed E-state index contributed by atoms with van der Waals surface area (Å²) >= 11 is 0. The third-order valence-corrected chi connectivity index (χ3v) is 2.55. The molecule has 0 radical (unpaired) electrons. The van der Waals surface area contributed by atoms with Gasteiger partial charge < -0.3 is 15.3 Å². The number of hydrogen-bond donors (Lipinski definition) is 4. The molecule has 2 unspecified atom stereocenters. The van der Waals surface area contributed by atoms with E-state index >= 15 is 0 Å². The van der Waals surface area contributed by atoms with Gasteiger partial charge in [0, 0.05) is 0 Å². The van der Waals surface area contributed by atoms with Crippen LogP contribution in [0.4, 0.5) is 0 Å². The maximum atomic E-state index is 10.4. The molecule has 74 valence electrons. The molecule has 0 spiro atoms. The largest absolute Gasteiger partial charge is 0.395 e.